The fourth-order valence-corrected chi connectivity index (χ4v) is 0.365. The molecule has 0 aliphatic carbocycles. The van der Waals surface area contributed by atoms with Gasteiger partial charge in [0.15, 0.2) is 0 Å². The van der Waals surface area contributed by atoms with Crippen molar-refractivity contribution < 1.29 is 9.53 Å². The molecule has 0 aromatic carbocycles. The van der Waals surface area contributed by atoms with E-state index in [1.807, 2.05) is 0 Å². The molecule has 0 N–H and O–H groups in total. The molecule has 0 aliphatic heterocycles. The predicted octanol–water partition coefficient (Wildman–Crippen LogP) is 0.311. The van der Waals surface area contributed by atoms with Gasteiger partial charge in [-0.05, 0) is 0 Å². The molecule has 0 heterocycles. The van der Waals surface area contributed by atoms with Crippen LogP contribution in [0.25, 0.3) is 0 Å². The van der Waals surface area contributed by atoms with Gasteiger partial charge in [-0.25, -0.2) is 0 Å². The molecule has 0 saturated heterocycles. The predicted molar refractivity (Wildman–Crippen MR) is 22.8 cm³/mol. The number of hydrogen-bond acceptors (Lipinski definition) is 2. The SMILES string of the molecule is CCOC(=O)[Se]. The van der Waals surface area contributed by atoms with Gasteiger partial charge in [-0.1, -0.05) is 0 Å². The first-order chi connectivity index (χ1) is 2.77. The third-order valence-corrected chi connectivity index (χ3v) is 0.509. The van der Waals surface area contributed by atoms with E-state index in [9.17, 15) is 4.79 Å². The molecule has 0 aromatic heterocycles. The van der Waals surface area contributed by atoms with Crippen molar-refractivity contribution in [2.45, 2.75) is 6.92 Å². The van der Waals surface area contributed by atoms with Gasteiger partial charge in [0.1, 0.15) is 0 Å². The van der Waals surface area contributed by atoms with E-state index in [1.165, 1.54) is 0 Å². The molecule has 0 amide bonds. The van der Waals surface area contributed by atoms with Crippen molar-refractivity contribution >= 4 is 20.9 Å². The van der Waals surface area contributed by atoms with E-state index in [0.29, 0.717) is 6.61 Å². The standard InChI is InChI=1S/C3H5O2Se/c1-2-5-3(4)6/h2H2,1H3. The van der Waals surface area contributed by atoms with E-state index in [1.54, 1.807) is 6.92 Å². The molecule has 35 valence electrons. The minimum absolute atomic E-state index is 0.336. The normalized spacial score (nSPS) is 7.50. The topological polar surface area (TPSA) is 26.3 Å². The summed E-state index contributed by atoms with van der Waals surface area (Å²) in [6.45, 7) is 2.21. The summed E-state index contributed by atoms with van der Waals surface area (Å²) in [7, 11) is 0. The van der Waals surface area contributed by atoms with E-state index in [0.717, 1.165) is 0 Å². The second-order valence-corrected chi connectivity index (χ2v) is 1.38. The molecule has 0 bridgehead atoms. The number of ether oxygens (including phenoxy) is 1. The first-order valence-electron chi connectivity index (χ1n) is 1.61. The third-order valence-electron chi connectivity index (χ3n) is 0.262. The summed E-state index contributed by atoms with van der Waals surface area (Å²) in [6, 6.07) is 0. The molecular formula is C3H5O2Se. The van der Waals surface area contributed by atoms with Crippen LogP contribution in [0, 0.1) is 0 Å². The van der Waals surface area contributed by atoms with E-state index in [-0.39, 0.29) is 4.87 Å². The van der Waals surface area contributed by atoms with Gasteiger partial charge in [-0.2, -0.15) is 0 Å². The minimum atomic E-state index is -0.336. The monoisotopic (exact) mass is 153 g/mol. The average molecular weight is 152 g/mol. The summed E-state index contributed by atoms with van der Waals surface area (Å²) in [5, 5.41) is 0. The van der Waals surface area contributed by atoms with Gasteiger partial charge in [-0.15, -0.1) is 0 Å². The zero-order chi connectivity index (χ0) is 4.99. The van der Waals surface area contributed by atoms with Crippen molar-refractivity contribution in [3.05, 3.63) is 0 Å². The van der Waals surface area contributed by atoms with Gasteiger partial charge in [0.05, 0.1) is 0 Å². The van der Waals surface area contributed by atoms with Crippen LogP contribution in [0.15, 0.2) is 0 Å². The summed E-state index contributed by atoms with van der Waals surface area (Å²) >= 11 is 2.18. The maximum absolute atomic E-state index is 9.77. The Kier molecular flexibility index (Phi) is 3.18. The molecule has 0 saturated carbocycles. The van der Waals surface area contributed by atoms with Crippen molar-refractivity contribution in [3.63, 3.8) is 0 Å². The van der Waals surface area contributed by atoms with Gasteiger partial charge in [-0.3, -0.25) is 0 Å². The van der Waals surface area contributed by atoms with Crippen molar-refractivity contribution in [3.8, 4) is 0 Å². The summed E-state index contributed by atoms with van der Waals surface area (Å²) < 4.78 is 4.35. The molecule has 0 rings (SSSR count). The number of rotatable bonds is 1. The number of carbonyl (C=O) groups is 1. The summed E-state index contributed by atoms with van der Waals surface area (Å²) in [5.74, 6) is 0. The van der Waals surface area contributed by atoms with Gasteiger partial charge < -0.3 is 0 Å². The van der Waals surface area contributed by atoms with E-state index in [2.05, 4.69) is 20.7 Å². The van der Waals surface area contributed by atoms with Crippen LogP contribution in [-0.4, -0.2) is 27.5 Å². The first kappa shape index (κ1) is 5.99. The van der Waals surface area contributed by atoms with E-state index in [4.69, 9.17) is 0 Å². The zero-order valence-corrected chi connectivity index (χ0v) is 5.14. The van der Waals surface area contributed by atoms with E-state index < -0.39 is 0 Å². The van der Waals surface area contributed by atoms with Gasteiger partial charge in [0.25, 0.3) is 0 Å². The fraction of sp³-hybridized carbons (Fsp3) is 0.667. The van der Waals surface area contributed by atoms with Gasteiger partial charge in [0, 0.05) is 0 Å². The Labute approximate surface area is 44.7 Å². The van der Waals surface area contributed by atoms with Crippen LogP contribution in [0.2, 0.25) is 0 Å². The van der Waals surface area contributed by atoms with Crippen molar-refractivity contribution in [2.24, 2.45) is 0 Å². The van der Waals surface area contributed by atoms with Crippen LogP contribution in [-0.2, 0) is 4.74 Å². The Bertz CT molecular complexity index is 52.8. The second-order valence-electron chi connectivity index (χ2n) is 0.683. The Morgan fingerprint density at radius 3 is 2.50 bits per heavy atom. The Morgan fingerprint density at radius 1 is 2.00 bits per heavy atom. The second kappa shape index (κ2) is 3.19. The molecule has 1 radical (unpaired) electrons. The quantitative estimate of drug-likeness (QED) is 0.505. The molecule has 0 fully saturated rings. The molecule has 0 aromatic rings. The Balaban J connectivity index is 2.83. The molecule has 0 unspecified atom stereocenters. The Hall–Kier alpha value is -0.0105. The van der Waals surface area contributed by atoms with Crippen LogP contribution in [0.4, 0.5) is 4.79 Å². The fourth-order valence-electron chi connectivity index (χ4n) is 0.118. The first-order valence-corrected chi connectivity index (χ1v) is 2.46. The molecule has 0 aliphatic rings. The van der Waals surface area contributed by atoms with Crippen LogP contribution < -0.4 is 0 Å². The molecule has 0 spiro atoms. The number of carbonyl (C=O) groups excluding carboxylic acids is 1. The summed E-state index contributed by atoms with van der Waals surface area (Å²) in [5.41, 5.74) is 0. The molecular weight excluding hydrogens is 147 g/mol. The molecule has 0 atom stereocenters. The average Bonchev–Trinajstić information content (AvgIpc) is 1.35. The van der Waals surface area contributed by atoms with Crippen LogP contribution in [0.5, 0.6) is 0 Å². The maximum atomic E-state index is 9.77. The van der Waals surface area contributed by atoms with Crippen LogP contribution in [0.3, 0.4) is 0 Å². The zero-order valence-electron chi connectivity index (χ0n) is 3.43. The number of hydrogen-bond donors (Lipinski definition) is 0. The van der Waals surface area contributed by atoms with Crippen molar-refractivity contribution in [1.29, 1.82) is 0 Å². The van der Waals surface area contributed by atoms with Crippen LogP contribution in [0.1, 0.15) is 6.92 Å². The molecule has 3 heteroatoms. The van der Waals surface area contributed by atoms with Crippen molar-refractivity contribution in [2.75, 3.05) is 6.61 Å². The Morgan fingerprint density at radius 2 is 2.50 bits per heavy atom. The van der Waals surface area contributed by atoms with E-state index >= 15 is 0 Å². The summed E-state index contributed by atoms with van der Waals surface area (Å²) in [6.07, 6.45) is 0. The third kappa shape index (κ3) is 3.99. The van der Waals surface area contributed by atoms with Crippen molar-refractivity contribution in [1.82, 2.24) is 0 Å². The van der Waals surface area contributed by atoms with Crippen LogP contribution >= 0.6 is 0 Å². The summed E-state index contributed by atoms with van der Waals surface area (Å²) in [4.78, 5) is 9.43. The molecule has 6 heavy (non-hydrogen) atoms. The van der Waals surface area contributed by atoms with Gasteiger partial charge >= 0.3 is 43.9 Å². The van der Waals surface area contributed by atoms with Gasteiger partial charge in [0.2, 0.25) is 0 Å². The molecule has 2 nitrogen and oxygen atoms in total.